The number of quaternary nitrogens is 1. The van der Waals surface area contributed by atoms with E-state index in [2.05, 4.69) is 61.2 Å². The van der Waals surface area contributed by atoms with Gasteiger partial charge in [-0.15, -0.1) is 0 Å². The number of hydroxylamine groups is 1. The molecule has 0 aromatic heterocycles. The molecule has 166 valence electrons. The van der Waals surface area contributed by atoms with Crippen LogP contribution in [0.4, 0.5) is 0 Å². The third kappa shape index (κ3) is 13.9. The molecule has 0 aliphatic heterocycles. The van der Waals surface area contributed by atoms with Gasteiger partial charge in [-0.1, -0.05) is 27.7 Å². The molecular weight excluding hydrogens is 360 g/mol. The van der Waals surface area contributed by atoms with Gasteiger partial charge in [-0.3, -0.25) is 9.59 Å². The Balaban J connectivity index is 0.000000621. The molecule has 0 bridgehead atoms. The van der Waals surface area contributed by atoms with Crippen molar-refractivity contribution >= 4 is 11.9 Å². The largest absolute Gasteiger partial charge is 0.481 e. The Morgan fingerprint density at radius 2 is 1.36 bits per heavy atom. The van der Waals surface area contributed by atoms with Crippen molar-refractivity contribution in [3.8, 4) is 0 Å². The lowest BCUT2D eigenvalue weighted by molar-refractivity contribution is -0.870. The maximum absolute atomic E-state index is 10.4. The second-order valence-electron chi connectivity index (χ2n) is 11.0. The quantitative estimate of drug-likeness (QED) is 0.310. The molecule has 0 aromatic rings. The summed E-state index contributed by atoms with van der Waals surface area (Å²) in [7, 11) is 6.17. The number of nitrogens with zero attached hydrogens (tertiary/aromatic N) is 1. The standard InChI is InChI=1S/C14H27NO3.C7H15NO2/c1-12(2)8-13(3,4)10-14(5,9-12)15-18-7-6-11(16)17;1-8(2,3)6-4-5-7(9)10/h15H,6-10H2,1-5H3,(H,16,17);4-6H2,1-3H3/p+1. The van der Waals surface area contributed by atoms with Gasteiger partial charge in [0, 0.05) is 12.0 Å². The van der Waals surface area contributed by atoms with Crippen LogP contribution in [0.3, 0.4) is 0 Å². The average Bonchev–Trinajstić information content (AvgIpc) is 2.38. The van der Waals surface area contributed by atoms with Gasteiger partial charge >= 0.3 is 11.9 Å². The molecule has 7 nitrogen and oxygen atoms in total. The first-order valence-corrected chi connectivity index (χ1v) is 10.1. The zero-order valence-corrected chi connectivity index (χ0v) is 19.2. The van der Waals surface area contributed by atoms with E-state index in [1.165, 1.54) is 6.42 Å². The van der Waals surface area contributed by atoms with Crippen LogP contribution in [0.15, 0.2) is 0 Å². The normalized spacial score (nSPS) is 20.0. The average molecular weight is 404 g/mol. The summed E-state index contributed by atoms with van der Waals surface area (Å²) < 4.78 is 0.841. The molecule has 1 rings (SSSR count). The molecule has 28 heavy (non-hydrogen) atoms. The minimum Gasteiger partial charge on any atom is -0.481 e. The Morgan fingerprint density at radius 3 is 1.75 bits per heavy atom. The van der Waals surface area contributed by atoms with E-state index in [4.69, 9.17) is 15.1 Å². The van der Waals surface area contributed by atoms with Gasteiger partial charge in [-0.05, 0) is 37.0 Å². The summed E-state index contributed by atoms with van der Waals surface area (Å²) in [5.41, 5.74) is 3.58. The second kappa shape index (κ2) is 10.6. The first-order chi connectivity index (χ1) is 12.5. The van der Waals surface area contributed by atoms with Crippen LogP contribution in [-0.4, -0.2) is 66.5 Å². The smallest absolute Gasteiger partial charge is 0.305 e. The lowest BCUT2D eigenvalue weighted by Gasteiger charge is -2.50. The van der Waals surface area contributed by atoms with Crippen LogP contribution >= 0.6 is 0 Å². The fraction of sp³-hybridized carbons (Fsp3) is 0.905. The number of carboxylic acid groups (broad SMARTS) is 2. The van der Waals surface area contributed by atoms with Gasteiger partial charge in [-0.25, -0.2) is 0 Å². The Morgan fingerprint density at radius 1 is 0.893 bits per heavy atom. The fourth-order valence-corrected chi connectivity index (χ4v) is 4.74. The van der Waals surface area contributed by atoms with Crippen molar-refractivity contribution in [1.82, 2.24) is 5.48 Å². The lowest BCUT2D eigenvalue weighted by Crippen LogP contribution is -2.53. The highest BCUT2D eigenvalue weighted by atomic mass is 16.6. The van der Waals surface area contributed by atoms with Crippen LogP contribution in [0.2, 0.25) is 0 Å². The predicted molar refractivity (Wildman–Crippen MR) is 111 cm³/mol. The summed E-state index contributed by atoms with van der Waals surface area (Å²) in [6.07, 6.45) is 4.36. The summed E-state index contributed by atoms with van der Waals surface area (Å²) in [5.74, 6) is -1.53. The van der Waals surface area contributed by atoms with Crippen molar-refractivity contribution in [2.45, 2.75) is 78.7 Å². The maximum atomic E-state index is 10.4. The van der Waals surface area contributed by atoms with Crippen molar-refractivity contribution < 1.29 is 29.1 Å². The van der Waals surface area contributed by atoms with Crippen molar-refractivity contribution in [3.63, 3.8) is 0 Å². The summed E-state index contributed by atoms with van der Waals surface area (Å²) in [5, 5.41) is 16.9. The number of carboxylic acids is 2. The van der Waals surface area contributed by atoms with Crippen LogP contribution in [-0.2, 0) is 14.4 Å². The molecule has 0 spiro atoms. The lowest BCUT2D eigenvalue weighted by atomic mass is 9.59. The highest BCUT2D eigenvalue weighted by molar-refractivity contribution is 5.66. The van der Waals surface area contributed by atoms with E-state index in [1.807, 2.05) is 0 Å². The monoisotopic (exact) mass is 403 g/mol. The zero-order valence-electron chi connectivity index (χ0n) is 19.2. The molecule has 3 N–H and O–H groups in total. The number of carbonyl (C=O) groups is 2. The van der Waals surface area contributed by atoms with Crippen LogP contribution in [0.5, 0.6) is 0 Å². The molecule has 1 aliphatic rings. The Bertz CT molecular complexity index is 493. The summed E-state index contributed by atoms with van der Waals surface area (Å²) in [6.45, 7) is 12.4. The van der Waals surface area contributed by atoms with Crippen molar-refractivity contribution in [2.75, 3.05) is 34.3 Å². The van der Waals surface area contributed by atoms with Gasteiger partial charge in [-0.2, -0.15) is 5.48 Å². The molecule has 0 saturated heterocycles. The second-order valence-corrected chi connectivity index (χ2v) is 11.0. The van der Waals surface area contributed by atoms with Gasteiger partial charge < -0.3 is 19.5 Å². The third-order valence-electron chi connectivity index (χ3n) is 4.65. The van der Waals surface area contributed by atoms with Crippen molar-refractivity contribution in [3.05, 3.63) is 0 Å². The molecule has 0 aromatic carbocycles. The summed E-state index contributed by atoms with van der Waals surface area (Å²) in [6, 6.07) is 0. The Labute approximate surface area is 171 Å². The highest BCUT2D eigenvalue weighted by Gasteiger charge is 2.45. The van der Waals surface area contributed by atoms with Gasteiger partial charge in [0.2, 0.25) is 0 Å². The van der Waals surface area contributed by atoms with E-state index in [1.54, 1.807) is 0 Å². The highest BCUT2D eigenvalue weighted by Crippen LogP contribution is 2.49. The fourth-order valence-electron chi connectivity index (χ4n) is 4.74. The summed E-state index contributed by atoms with van der Waals surface area (Å²) >= 11 is 0. The van der Waals surface area contributed by atoms with Crippen molar-refractivity contribution in [1.29, 1.82) is 0 Å². The van der Waals surface area contributed by atoms with E-state index in [0.29, 0.717) is 0 Å². The Kier molecular flexibility index (Phi) is 10.1. The van der Waals surface area contributed by atoms with E-state index in [9.17, 15) is 9.59 Å². The Hall–Kier alpha value is -1.18. The summed E-state index contributed by atoms with van der Waals surface area (Å²) in [4.78, 5) is 25.8. The topological polar surface area (TPSA) is 95.9 Å². The zero-order chi connectivity index (χ0) is 22.2. The van der Waals surface area contributed by atoms with Crippen LogP contribution in [0.1, 0.15) is 73.1 Å². The molecule has 0 unspecified atom stereocenters. The molecule has 0 radical (unpaired) electrons. The molecule has 7 heteroatoms. The number of nitrogens with one attached hydrogen (secondary N) is 1. The molecule has 1 saturated carbocycles. The van der Waals surface area contributed by atoms with Crippen LogP contribution in [0.25, 0.3) is 0 Å². The van der Waals surface area contributed by atoms with Crippen LogP contribution in [0, 0.1) is 10.8 Å². The number of hydrogen-bond donors (Lipinski definition) is 3. The first-order valence-electron chi connectivity index (χ1n) is 10.1. The molecule has 0 heterocycles. The van der Waals surface area contributed by atoms with Gasteiger partial charge in [0.15, 0.2) is 0 Å². The molecule has 1 aliphatic carbocycles. The van der Waals surface area contributed by atoms with E-state index in [0.717, 1.165) is 30.3 Å². The molecular formula is C21H43N2O5+. The van der Waals surface area contributed by atoms with Gasteiger partial charge in [0.05, 0.1) is 47.1 Å². The molecule has 0 amide bonds. The third-order valence-corrected chi connectivity index (χ3v) is 4.65. The molecule has 1 fully saturated rings. The minimum absolute atomic E-state index is 0.0376. The van der Waals surface area contributed by atoms with Crippen LogP contribution < -0.4 is 5.48 Å². The predicted octanol–water partition coefficient (Wildman–Crippen LogP) is 3.53. The first kappa shape index (κ1) is 26.8. The number of aliphatic carboxylic acids is 2. The molecule has 0 atom stereocenters. The van der Waals surface area contributed by atoms with E-state index < -0.39 is 11.9 Å². The number of rotatable bonds is 9. The minimum atomic E-state index is -0.828. The SMILES string of the molecule is CC1(C)CC(C)(C)CC(C)(NOCCC(=O)O)C1.C[N+](C)(C)CCCC(=O)O. The number of hydrogen-bond acceptors (Lipinski definition) is 4. The van der Waals surface area contributed by atoms with E-state index in [-0.39, 0.29) is 35.8 Å². The van der Waals surface area contributed by atoms with Crippen molar-refractivity contribution in [2.24, 2.45) is 10.8 Å². The van der Waals surface area contributed by atoms with E-state index >= 15 is 0 Å². The maximum Gasteiger partial charge on any atom is 0.305 e. The van der Waals surface area contributed by atoms with Gasteiger partial charge in [0.1, 0.15) is 0 Å². The van der Waals surface area contributed by atoms with Gasteiger partial charge in [0.25, 0.3) is 0 Å².